The molecule has 7 heteroatoms. The van der Waals surface area contributed by atoms with Crippen LogP contribution in [0.15, 0.2) is 46.2 Å². The van der Waals surface area contributed by atoms with Crippen molar-refractivity contribution in [1.82, 2.24) is 15.6 Å². The second kappa shape index (κ2) is 6.02. The van der Waals surface area contributed by atoms with Crippen molar-refractivity contribution in [3.8, 4) is 10.6 Å². The number of carbonyl (C=O) groups excluding carboxylic acids is 1. The summed E-state index contributed by atoms with van der Waals surface area (Å²) in [5.74, 6) is -0.329. The number of rotatable bonds is 4. The molecule has 0 fully saturated rings. The average molecular weight is 316 g/mol. The molecular formula is C14H12N4OS2. The Hall–Kier alpha value is -2.25. The number of aromatic amines is 1. The van der Waals surface area contributed by atoms with Crippen molar-refractivity contribution in [2.45, 2.75) is 6.92 Å². The van der Waals surface area contributed by atoms with E-state index in [1.54, 1.807) is 28.7 Å². The van der Waals surface area contributed by atoms with E-state index >= 15 is 0 Å². The number of hydrazone groups is 1. The second-order valence-corrected chi connectivity index (χ2v) is 6.15. The SMILES string of the molecule is C/C(=N/NC(=O)c1cc(-c2cccs2)[nH]n1)c1cccs1. The van der Waals surface area contributed by atoms with E-state index in [4.69, 9.17) is 0 Å². The molecule has 0 unspecified atom stereocenters. The van der Waals surface area contributed by atoms with E-state index in [9.17, 15) is 4.79 Å². The first-order valence-electron chi connectivity index (χ1n) is 6.22. The van der Waals surface area contributed by atoms with Crippen LogP contribution in [-0.2, 0) is 0 Å². The maximum Gasteiger partial charge on any atom is 0.291 e. The van der Waals surface area contributed by atoms with Gasteiger partial charge in [0.15, 0.2) is 5.69 Å². The van der Waals surface area contributed by atoms with E-state index < -0.39 is 0 Å². The summed E-state index contributed by atoms with van der Waals surface area (Å²) >= 11 is 3.17. The van der Waals surface area contributed by atoms with Crippen LogP contribution < -0.4 is 5.43 Å². The molecule has 2 N–H and O–H groups in total. The Morgan fingerprint density at radius 3 is 2.81 bits per heavy atom. The van der Waals surface area contributed by atoms with Crippen LogP contribution in [-0.4, -0.2) is 21.8 Å². The predicted molar refractivity (Wildman–Crippen MR) is 85.9 cm³/mol. The summed E-state index contributed by atoms with van der Waals surface area (Å²) in [6, 6.07) is 9.55. The fourth-order valence-corrected chi connectivity index (χ4v) is 3.10. The first-order chi connectivity index (χ1) is 10.2. The van der Waals surface area contributed by atoms with E-state index in [0.717, 1.165) is 21.2 Å². The third kappa shape index (κ3) is 3.09. The van der Waals surface area contributed by atoms with Crippen LogP contribution in [0.1, 0.15) is 22.3 Å². The number of aromatic nitrogens is 2. The highest BCUT2D eigenvalue weighted by atomic mass is 32.1. The topological polar surface area (TPSA) is 70.1 Å². The van der Waals surface area contributed by atoms with Crippen molar-refractivity contribution in [3.05, 3.63) is 51.7 Å². The first-order valence-corrected chi connectivity index (χ1v) is 7.98. The minimum Gasteiger partial charge on any atom is -0.276 e. The molecule has 0 aliphatic heterocycles. The predicted octanol–water partition coefficient (Wildman–Crippen LogP) is 3.35. The van der Waals surface area contributed by atoms with Crippen LogP contribution in [0, 0.1) is 0 Å². The van der Waals surface area contributed by atoms with Crippen LogP contribution in [0.3, 0.4) is 0 Å². The fourth-order valence-electron chi connectivity index (χ4n) is 1.73. The van der Waals surface area contributed by atoms with Crippen LogP contribution in [0.2, 0.25) is 0 Å². The van der Waals surface area contributed by atoms with Crippen molar-refractivity contribution < 1.29 is 4.79 Å². The van der Waals surface area contributed by atoms with Crippen molar-refractivity contribution in [3.63, 3.8) is 0 Å². The van der Waals surface area contributed by atoms with Crippen molar-refractivity contribution in [1.29, 1.82) is 0 Å². The van der Waals surface area contributed by atoms with Gasteiger partial charge in [0.25, 0.3) is 5.91 Å². The first kappa shape index (κ1) is 13.7. The lowest BCUT2D eigenvalue weighted by molar-refractivity contribution is 0.0950. The van der Waals surface area contributed by atoms with Crippen LogP contribution >= 0.6 is 22.7 Å². The molecule has 0 atom stereocenters. The Bertz CT molecular complexity index is 757. The Labute approximate surface area is 129 Å². The molecule has 0 bridgehead atoms. The second-order valence-electron chi connectivity index (χ2n) is 4.26. The quantitative estimate of drug-likeness (QED) is 0.572. The summed E-state index contributed by atoms with van der Waals surface area (Å²) in [7, 11) is 0. The smallest absolute Gasteiger partial charge is 0.276 e. The van der Waals surface area contributed by atoms with Gasteiger partial charge in [-0.3, -0.25) is 9.89 Å². The molecule has 3 aromatic heterocycles. The monoisotopic (exact) mass is 316 g/mol. The Kier molecular flexibility index (Phi) is 3.94. The largest absolute Gasteiger partial charge is 0.291 e. The van der Waals surface area contributed by atoms with Crippen molar-refractivity contribution >= 4 is 34.3 Å². The lowest BCUT2D eigenvalue weighted by Crippen LogP contribution is -2.19. The molecule has 106 valence electrons. The molecule has 0 aromatic carbocycles. The molecule has 0 aliphatic rings. The summed E-state index contributed by atoms with van der Waals surface area (Å²) in [6.07, 6.45) is 0. The molecule has 3 aromatic rings. The minimum atomic E-state index is -0.329. The standard InChI is InChI=1S/C14H12N4OS2/c1-9(12-4-2-6-20-12)15-18-14(19)11-8-10(16-17-11)13-5-3-7-21-13/h2-8H,1H3,(H,16,17)(H,18,19)/b15-9-. The summed E-state index contributed by atoms with van der Waals surface area (Å²) in [6.45, 7) is 1.85. The van der Waals surface area contributed by atoms with Crippen LogP contribution in [0.25, 0.3) is 10.6 Å². The Balaban J connectivity index is 1.70. The summed E-state index contributed by atoms with van der Waals surface area (Å²) in [4.78, 5) is 14.1. The molecule has 5 nitrogen and oxygen atoms in total. The zero-order chi connectivity index (χ0) is 14.7. The van der Waals surface area contributed by atoms with Gasteiger partial charge in [-0.25, -0.2) is 5.43 Å². The number of nitrogens with one attached hydrogen (secondary N) is 2. The number of thiophene rings is 2. The van der Waals surface area contributed by atoms with Gasteiger partial charge in [0.05, 0.1) is 16.3 Å². The Morgan fingerprint density at radius 2 is 2.10 bits per heavy atom. The maximum atomic E-state index is 12.0. The molecule has 3 rings (SSSR count). The summed E-state index contributed by atoms with van der Waals surface area (Å²) in [5, 5.41) is 14.9. The normalized spacial score (nSPS) is 11.6. The average Bonchev–Trinajstić information content (AvgIpc) is 3.25. The summed E-state index contributed by atoms with van der Waals surface area (Å²) in [5.41, 5.74) is 4.44. The molecule has 0 spiro atoms. The lowest BCUT2D eigenvalue weighted by Gasteiger charge is -1.98. The molecule has 0 saturated heterocycles. The highest BCUT2D eigenvalue weighted by molar-refractivity contribution is 7.13. The zero-order valence-corrected chi connectivity index (χ0v) is 12.8. The third-order valence-corrected chi connectivity index (χ3v) is 4.68. The zero-order valence-electron chi connectivity index (χ0n) is 11.2. The number of amides is 1. The number of H-pyrrole nitrogens is 1. The van der Waals surface area contributed by atoms with Gasteiger partial charge in [0, 0.05) is 4.88 Å². The van der Waals surface area contributed by atoms with E-state index in [-0.39, 0.29) is 5.91 Å². The number of hydrogen-bond donors (Lipinski definition) is 2. The fraction of sp³-hybridized carbons (Fsp3) is 0.0714. The molecule has 0 saturated carbocycles. The van der Waals surface area contributed by atoms with Gasteiger partial charge in [-0.1, -0.05) is 12.1 Å². The van der Waals surface area contributed by atoms with Gasteiger partial charge in [-0.05, 0) is 35.9 Å². The van der Waals surface area contributed by atoms with E-state index in [1.165, 1.54) is 0 Å². The summed E-state index contributed by atoms with van der Waals surface area (Å²) < 4.78 is 0. The highest BCUT2D eigenvalue weighted by Crippen LogP contribution is 2.22. The third-order valence-electron chi connectivity index (χ3n) is 2.80. The van der Waals surface area contributed by atoms with Crippen molar-refractivity contribution in [2.75, 3.05) is 0 Å². The van der Waals surface area contributed by atoms with Gasteiger partial charge in [-0.15, -0.1) is 22.7 Å². The van der Waals surface area contributed by atoms with E-state index in [0.29, 0.717) is 5.69 Å². The van der Waals surface area contributed by atoms with Gasteiger partial charge in [0.1, 0.15) is 0 Å². The number of carbonyl (C=O) groups is 1. The molecule has 1 amide bonds. The van der Waals surface area contributed by atoms with E-state index in [2.05, 4.69) is 20.7 Å². The Morgan fingerprint density at radius 1 is 1.29 bits per heavy atom. The number of nitrogens with zero attached hydrogens (tertiary/aromatic N) is 2. The molecule has 21 heavy (non-hydrogen) atoms. The van der Waals surface area contributed by atoms with E-state index in [1.807, 2.05) is 41.9 Å². The van der Waals surface area contributed by atoms with Gasteiger partial charge >= 0.3 is 0 Å². The van der Waals surface area contributed by atoms with Crippen LogP contribution in [0.5, 0.6) is 0 Å². The number of hydrogen-bond acceptors (Lipinski definition) is 5. The maximum absolute atomic E-state index is 12.0. The van der Waals surface area contributed by atoms with Gasteiger partial charge in [-0.2, -0.15) is 10.2 Å². The molecule has 0 aliphatic carbocycles. The van der Waals surface area contributed by atoms with Crippen LogP contribution in [0.4, 0.5) is 0 Å². The van der Waals surface area contributed by atoms with Gasteiger partial charge < -0.3 is 0 Å². The van der Waals surface area contributed by atoms with Gasteiger partial charge in [0.2, 0.25) is 0 Å². The molecule has 0 radical (unpaired) electrons. The highest BCUT2D eigenvalue weighted by Gasteiger charge is 2.11. The van der Waals surface area contributed by atoms with Crippen molar-refractivity contribution in [2.24, 2.45) is 5.10 Å². The molecule has 3 heterocycles. The lowest BCUT2D eigenvalue weighted by atomic mass is 10.3. The minimum absolute atomic E-state index is 0.320. The molecular weight excluding hydrogens is 304 g/mol.